The van der Waals surface area contributed by atoms with Crippen molar-refractivity contribution in [1.29, 1.82) is 0 Å². The maximum Gasteiger partial charge on any atom is 0.251 e. The fourth-order valence-electron chi connectivity index (χ4n) is 3.56. The molecule has 1 aromatic heterocycles. The molecule has 0 spiro atoms. The molecule has 1 aliphatic heterocycles. The first-order chi connectivity index (χ1) is 14.0. The van der Waals surface area contributed by atoms with Gasteiger partial charge in [-0.25, -0.2) is 8.42 Å². The Labute approximate surface area is 169 Å². The summed E-state index contributed by atoms with van der Waals surface area (Å²) in [7, 11) is -3.18. The van der Waals surface area contributed by atoms with E-state index in [1.54, 1.807) is 37.3 Å². The molecule has 1 fully saturated rings. The molecule has 9 heteroatoms. The molecule has 0 aliphatic carbocycles. The molecular formula is C20H23N5O3S. The Bertz CT molecular complexity index is 1120. The lowest BCUT2D eigenvalue weighted by Crippen LogP contribution is -2.44. The number of benzene rings is 2. The summed E-state index contributed by atoms with van der Waals surface area (Å²) in [4.78, 5) is 15.1. The van der Waals surface area contributed by atoms with Crippen LogP contribution in [0.2, 0.25) is 0 Å². The summed E-state index contributed by atoms with van der Waals surface area (Å²) in [5, 5.41) is 13.7. The van der Waals surface area contributed by atoms with Crippen LogP contribution in [0, 0.1) is 0 Å². The highest BCUT2D eigenvalue weighted by molar-refractivity contribution is 7.91. The van der Waals surface area contributed by atoms with Crippen LogP contribution in [-0.4, -0.2) is 54.6 Å². The lowest BCUT2D eigenvalue weighted by atomic mass is 10.0. The second-order valence-corrected chi connectivity index (χ2v) is 9.44. The van der Waals surface area contributed by atoms with Crippen LogP contribution in [0.4, 0.5) is 5.69 Å². The Morgan fingerprint density at radius 3 is 2.48 bits per heavy atom. The summed E-state index contributed by atoms with van der Waals surface area (Å²) in [6.45, 7) is 3.24. The average molecular weight is 414 g/mol. The Morgan fingerprint density at radius 1 is 1.10 bits per heavy atom. The number of amides is 1. The predicted octanol–water partition coefficient (Wildman–Crippen LogP) is 2.15. The van der Waals surface area contributed by atoms with E-state index in [0.29, 0.717) is 16.0 Å². The first kappa shape index (κ1) is 19.4. The minimum atomic E-state index is -3.18. The van der Waals surface area contributed by atoms with Gasteiger partial charge in [0, 0.05) is 30.4 Å². The molecule has 2 N–H and O–H groups in total. The first-order valence-corrected chi connectivity index (χ1v) is 11.3. The molecule has 3 aromatic rings. The lowest BCUT2D eigenvalue weighted by molar-refractivity contribution is 0.0931. The quantitative estimate of drug-likeness (QED) is 0.664. The minimum absolute atomic E-state index is 0.0982. The second-order valence-electron chi connectivity index (χ2n) is 7.16. The van der Waals surface area contributed by atoms with E-state index in [1.807, 2.05) is 12.1 Å². The highest BCUT2D eigenvalue weighted by Gasteiger charge is 2.22. The third kappa shape index (κ3) is 4.09. The van der Waals surface area contributed by atoms with Gasteiger partial charge < -0.3 is 10.2 Å². The van der Waals surface area contributed by atoms with Crippen LogP contribution in [0.25, 0.3) is 11.0 Å². The number of aromatic amines is 1. The molecule has 0 saturated carbocycles. The van der Waals surface area contributed by atoms with Crippen molar-refractivity contribution in [1.82, 2.24) is 20.7 Å². The number of anilines is 1. The van der Waals surface area contributed by atoms with Gasteiger partial charge in [-0.2, -0.15) is 15.4 Å². The number of hydrogen-bond acceptors (Lipinski definition) is 6. The van der Waals surface area contributed by atoms with Crippen molar-refractivity contribution in [2.75, 3.05) is 23.7 Å². The molecule has 8 nitrogen and oxygen atoms in total. The van der Waals surface area contributed by atoms with Crippen molar-refractivity contribution in [3.8, 4) is 0 Å². The van der Waals surface area contributed by atoms with E-state index in [1.165, 1.54) is 0 Å². The van der Waals surface area contributed by atoms with Crippen molar-refractivity contribution in [3.63, 3.8) is 0 Å². The summed E-state index contributed by atoms with van der Waals surface area (Å²) in [5.74, 6) is -0.0106. The van der Waals surface area contributed by atoms with Gasteiger partial charge in [0.05, 0.1) is 10.6 Å². The number of aromatic nitrogens is 3. The molecule has 0 radical (unpaired) electrons. The third-order valence-corrected chi connectivity index (χ3v) is 7.10. The number of H-pyrrole nitrogens is 1. The number of rotatable bonds is 5. The van der Waals surface area contributed by atoms with E-state index in [-0.39, 0.29) is 17.7 Å². The number of carbonyl (C=O) groups excluding carboxylic acids is 1. The van der Waals surface area contributed by atoms with Gasteiger partial charge >= 0.3 is 0 Å². The monoisotopic (exact) mass is 413 g/mol. The smallest absolute Gasteiger partial charge is 0.251 e. The number of sulfone groups is 1. The van der Waals surface area contributed by atoms with E-state index < -0.39 is 9.84 Å². The topological polar surface area (TPSA) is 108 Å². The van der Waals surface area contributed by atoms with Gasteiger partial charge in [0.15, 0.2) is 9.84 Å². The van der Waals surface area contributed by atoms with Crippen LogP contribution in [0.3, 0.4) is 0 Å². The lowest BCUT2D eigenvalue weighted by Gasteiger charge is -2.34. The van der Waals surface area contributed by atoms with Gasteiger partial charge in [-0.3, -0.25) is 4.79 Å². The molecular weight excluding hydrogens is 390 g/mol. The van der Waals surface area contributed by atoms with E-state index in [0.717, 1.165) is 37.1 Å². The molecule has 152 valence electrons. The van der Waals surface area contributed by atoms with Crippen molar-refractivity contribution >= 4 is 32.5 Å². The van der Waals surface area contributed by atoms with Crippen LogP contribution in [0.5, 0.6) is 0 Å². The van der Waals surface area contributed by atoms with Crippen molar-refractivity contribution < 1.29 is 13.2 Å². The maximum atomic E-state index is 12.5. The molecule has 29 heavy (non-hydrogen) atoms. The summed E-state index contributed by atoms with van der Waals surface area (Å²) >= 11 is 0. The van der Waals surface area contributed by atoms with E-state index in [4.69, 9.17) is 0 Å². The molecule has 4 rings (SSSR count). The van der Waals surface area contributed by atoms with Crippen LogP contribution < -0.4 is 10.2 Å². The molecule has 1 saturated heterocycles. The van der Waals surface area contributed by atoms with E-state index in [2.05, 4.69) is 25.6 Å². The van der Waals surface area contributed by atoms with Gasteiger partial charge in [0.1, 0.15) is 11.0 Å². The first-order valence-electron chi connectivity index (χ1n) is 9.65. The molecule has 0 atom stereocenters. The standard InChI is InChI=1S/C20H23N5O3S/c1-2-29(27,28)17-6-4-16(5-7-17)25-11-9-15(10-12-25)21-20(26)14-3-8-18-19(13-14)23-24-22-18/h3-8,13,15H,2,9-12H2,1H3,(H,21,26)(H,22,23,24). The average Bonchev–Trinajstić information content (AvgIpc) is 3.22. The van der Waals surface area contributed by atoms with Crippen LogP contribution in [-0.2, 0) is 9.84 Å². The number of fused-ring (bicyclic) bond motifs is 1. The second kappa shape index (κ2) is 7.82. The summed E-state index contributed by atoms with van der Waals surface area (Å²) in [5.41, 5.74) is 2.97. The zero-order valence-corrected chi connectivity index (χ0v) is 16.9. The number of piperidine rings is 1. The van der Waals surface area contributed by atoms with Gasteiger partial charge in [-0.05, 0) is 55.3 Å². The highest BCUT2D eigenvalue weighted by atomic mass is 32.2. The Morgan fingerprint density at radius 2 is 1.79 bits per heavy atom. The molecule has 0 unspecified atom stereocenters. The predicted molar refractivity (Wildman–Crippen MR) is 111 cm³/mol. The van der Waals surface area contributed by atoms with Gasteiger partial charge in [0.25, 0.3) is 5.91 Å². The molecule has 1 aliphatic rings. The number of nitrogens with one attached hydrogen (secondary N) is 2. The molecule has 0 bridgehead atoms. The number of nitrogens with zero attached hydrogens (tertiary/aromatic N) is 3. The van der Waals surface area contributed by atoms with Crippen LogP contribution in [0.15, 0.2) is 47.4 Å². The fourth-order valence-corrected chi connectivity index (χ4v) is 4.45. The summed E-state index contributed by atoms with van der Waals surface area (Å²) in [6.07, 6.45) is 1.65. The summed E-state index contributed by atoms with van der Waals surface area (Å²) in [6, 6.07) is 12.4. The Hall–Kier alpha value is -2.94. The number of hydrogen-bond donors (Lipinski definition) is 2. The third-order valence-electron chi connectivity index (χ3n) is 5.35. The minimum Gasteiger partial charge on any atom is -0.371 e. The normalized spacial score (nSPS) is 15.6. The zero-order valence-electron chi connectivity index (χ0n) is 16.1. The van der Waals surface area contributed by atoms with Crippen LogP contribution in [0.1, 0.15) is 30.1 Å². The van der Waals surface area contributed by atoms with Crippen molar-refractivity contribution in [3.05, 3.63) is 48.0 Å². The van der Waals surface area contributed by atoms with Gasteiger partial charge in [-0.15, -0.1) is 0 Å². The van der Waals surface area contributed by atoms with Gasteiger partial charge in [0.2, 0.25) is 0 Å². The Balaban J connectivity index is 1.35. The van der Waals surface area contributed by atoms with Crippen LogP contribution >= 0.6 is 0 Å². The molecule has 1 amide bonds. The Kier molecular flexibility index (Phi) is 5.23. The maximum absolute atomic E-state index is 12.5. The van der Waals surface area contributed by atoms with Crippen molar-refractivity contribution in [2.45, 2.75) is 30.7 Å². The molecule has 2 aromatic carbocycles. The SMILES string of the molecule is CCS(=O)(=O)c1ccc(N2CCC(NC(=O)c3ccc4n[nH]nc4c3)CC2)cc1. The largest absolute Gasteiger partial charge is 0.371 e. The molecule has 2 heterocycles. The summed E-state index contributed by atoms with van der Waals surface area (Å²) < 4.78 is 23.9. The highest BCUT2D eigenvalue weighted by Crippen LogP contribution is 2.23. The zero-order chi connectivity index (χ0) is 20.4. The van der Waals surface area contributed by atoms with Gasteiger partial charge in [-0.1, -0.05) is 6.92 Å². The number of carbonyl (C=O) groups is 1. The van der Waals surface area contributed by atoms with E-state index >= 15 is 0 Å². The van der Waals surface area contributed by atoms with Crippen molar-refractivity contribution in [2.24, 2.45) is 0 Å². The fraction of sp³-hybridized carbons (Fsp3) is 0.350. The van der Waals surface area contributed by atoms with E-state index in [9.17, 15) is 13.2 Å².